The number of hydrogen-bond donors (Lipinski definition) is 1. The minimum Gasteiger partial charge on any atom is -0.326 e. The average Bonchev–Trinajstić information content (AvgIpc) is 2.64. The highest BCUT2D eigenvalue weighted by atomic mass is 19.1. The molecule has 1 N–H and O–H groups in total. The number of hydrogen-bond acceptors (Lipinski definition) is 2. The van der Waals surface area contributed by atoms with E-state index in [9.17, 15) is 14.0 Å². The van der Waals surface area contributed by atoms with Crippen molar-refractivity contribution in [1.82, 2.24) is 4.90 Å². The fourth-order valence-corrected chi connectivity index (χ4v) is 3.64. The molecule has 6 heteroatoms. The van der Waals surface area contributed by atoms with E-state index in [0.717, 1.165) is 42.6 Å². The van der Waals surface area contributed by atoms with Crippen LogP contribution in [0.3, 0.4) is 0 Å². The lowest BCUT2D eigenvalue weighted by Crippen LogP contribution is -2.49. The standard InChI is InChI=1S/C22H24FN3O2/c23-18-10-8-16(9-11-18)15-25-12-3-13-26(22(25)28)20-7-2-6-19(14-20)24-21(27)17-4-1-5-17/h2,6-11,14,17H,1,3-5,12-13,15H2,(H,24,27). The van der Waals surface area contributed by atoms with Gasteiger partial charge >= 0.3 is 6.03 Å². The number of nitrogens with zero attached hydrogens (tertiary/aromatic N) is 2. The van der Waals surface area contributed by atoms with Gasteiger partial charge in [-0.05, 0) is 55.2 Å². The van der Waals surface area contributed by atoms with Crippen molar-refractivity contribution < 1.29 is 14.0 Å². The van der Waals surface area contributed by atoms with Crippen LogP contribution >= 0.6 is 0 Å². The third-order valence-electron chi connectivity index (χ3n) is 5.50. The predicted molar refractivity (Wildman–Crippen MR) is 107 cm³/mol. The van der Waals surface area contributed by atoms with Crippen LogP contribution in [0.5, 0.6) is 0 Å². The first-order chi connectivity index (χ1) is 13.6. The normalized spacial score (nSPS) is 17.4. The third-order valence-corrected chi connectivity index (χ3v) is 5.50. The van der Waals surface area contributed by atoms with Crippen molar-refractivity contribution in [2.24, 2.45) is 5.92 Å². The fraction of sp³-hybridized carbons (Fsp3) is 0.364. The van der Waals surface area contributed by atoms with Gasteiger partial charge in [-0.25, -0.2) is 9.18 Å². The summed E-state index contributed by atoms with van der Waals surface area (Å²) in [4.78, 5) is 28.7. The van der Waals surface area contributed by atoms with Crippen molar-refractivity contribution in [3.05, 3.63) is 59.9 Å². The van der Waals surface area contributed by atoms with Gasteiger partial charge in [-0.3, -0.25) is 9.69 Å². The molecule has 28 heavy (non-hydrogen) atoms. The molecular formula is C22H24FN3O2. The molecule has 1 heterocycles. The molecule has 0 unspecified atom stereocenters. The molecule has 1 aliphatic heterocycles. The van der Waals surface area contributed by atoms with Crippen molar-refractivity contribution in [3.63, 3.8) is 0 Å². The highest BCUT2D eigenvalue weighted by molar-refractivity contribution is 5.96. The number of nitrogens with one attached hydrogen (secondary N) is 1. The third kappa shape index (κ3) is 4.01. The van der Waals surface area contributed by atoms with Crippen LogP contribution in [0.4, 0.5) is 20.6 Å². The number of carbonyl (C=O) groups excluding carboxylic acids is 2. The van der Waals surface area contributed by atoms with Crippen molar-refractivity contribution in [2.75, 3.05) is 23.3 Å². The molecule has 146 valence electrons. The Bertz CT molecular complexity index is 864. The summed E-state index contributed by atoms with van der Waals surface area (Å²) in [5.74, 6) is -0.103. The lowest BCUT2D eigenvalue weighted by molar-refractivity contribution is -0.122. The van der Waals surface area contributed by atoms with Gasteiger partial charge in [0.1, 0.15) is 5.82 Å². The first-order valence-corrected chi connectivity index (χ1v) is 9.82. The number of urea groups is 1. The molecule has 1 saturated heterocycles. The van der Waals surface area contributed by atoms with Crippen molar-refractivity contribution in [1.29, 1.82) is 0 Å². The van der Waals surface area contributed by atoms with Crippen LogP contribution in [0, 0.1) is 11.7 Å². The fourth-order valence-electron chi connectivity index (χ4n) is 3.64. The van der Waals surface area contributed by atoms with E-state index in [1.54, 1.807) is 21.9 Å². The summed E-state index contributed by atoms with van der Waals surface area (Å²) in [6.45, 7) is 1.76. The van der Waals surface area contributed by atoms with E-state index >= 15 is 0 Å². The maximum Gasteiger partial charge on any atom is 0.324 e. The molecule has 0 radical (unpaired) electrons. The molecule has 1 saturated carbocycles. The summed E-state index contributed by atoms with van der Waals surface area (Å²) in [5.41, 5.74) is 2.40. The van der Waals surface area contributed by atoms with Gasteiger partial charge in [0.25, 0.3) is 0 Å². The smallest absolute Gasteiger partial charge is 0.324 e. The second kappa shape index (κ2) is 8.00. The Labute approximate surface area is 164 Å². The van der Waals surface area contributed by atoms with E-state index in [-0.39, 0.29) is 23.7 Å². The van der Waals surface area contributed by atoms with Crippen LogP contribution in [-0.2, 0) is 11.3 Å². The largest absolute Gasteiger partial charge is 0.326 e. The summed E-state index contributed by atoms with van der Waals surface area (Å²) < 4.78 is 13.1. The molecule has 4 rings (SSSR count). The van der Waals surface area contributed by atoms with Gasteiger partial charge in [0, 0.05) is 36.9 Å². The molecule has 0 bridgehead atoms. The number of rotatable bonds is 5. The summed E-state index contributed by atoms with van der Waals surface area (Å²) in [7, 11) is 0. The second-order valence-electron chi connectivity index (χ2n) is 7.50. The van der Waals surface area contributed by atoms with Crippen molar-refractivity contribution in [2.45, 2.75) is 32.2 Å². The molecule has 2 fully saturated rings. The average molecular weight is 381 g/mol. The highest BCUT2D eigenvalue weighted by Crippen LogP contribution is 2.29. The molecule has 2 aromatic rings. The Balaban J connectivity index is 1.45. The summed E-state index contributed by atoms with van der Waals surface area (Å²) in [6.07, 6.45) is 3.87. The van der Waals surface area contributed by atoms with E-state index < -0.39 is 0 Å². The first kappa shape index (κ1) is 18.5. The highest BCUT2D eigenvalue weighted by Gasteiger charge is 2.28. The first-order valence-electron chi connectivity index (χ1n) is 9.82. The lowest BCUT2D eigenvalue weighted by Gasteiger charge is -2.36. The predicted octanol–water partition coefficient (Wildman–Crippen LogP) is 4.40. The summed E-state index contributed by atoms with van der Waals surface area (Å²) >= 11 is 0. The minimum absolute atomic E-state index is 0.0614. The number of halogens is 1. The van der Waals surface area contributed by atoms with Gasteiger partial charge in [-0.2, -0.15) is 0 Å². The monoisotopic (exact) mass is 381 g/mol. The number of amides is 3. The van der Waals surface area contributed by atoms with Gasteiger partial charge in [0.2, 0.25) is 5.91 Å². The van der Waals surface area contributed by atoms with Crippen LogP contribution < -0.4 is 10.2 Å². The van der Waals surface area contributed by atoms with Gasteiger partial charge < -0.3 is 10.2 Å². The number of carbonyl (C=O) groups is 2. The zero-order valence-corrected chi connectivity index (χ0v) is 15.7. The van der Waals surface area contributed by atoms with Crippen LogP contribution in [-0.4, -0.2) is 29.9 Å². The molecule has 0 aromatic heterocycles. The van der Waals surface area contributed by atoms with Gasteiger partial charge in [0.05, 0.1) is 0 Å². The van der Waals surface area contributed by atoms with E-state index in [2.05, 4.69) is 5.32 Å². The number of anilines is 2. The quantitative estimate of drug-likeness (QED) is 0.835. The molecule has 5 nitrogen and oxygen atoms in total. The Hall–Kier alpha value is -2.89. The Morgan fingerprint density at radius 3 is 2.57 bits per heavy atom. The Morgan fingerprint density at radius 2 is 1.86 bits per heavy atom. The minimum atomic E-state index is -0.281. The van der Waals surface area contributed by atoms with E-state index in [4.69, 9.17) is 0 Å². The molecule has 0 spiro atoms. The molecule has 3 amide bonds. The molecular weight excluding hydrogens is 357 g/mol. The topological polar surface area (TPSA) is 52.7 Å². The van der Waals surface area contributed by atoms with Gasteiger partial charge in [0.15, 0.2) is 0 Å². The number of benzene rings is 2. The van der Waals surface area contributed by atoms with Crippen molar-refractivity contribution in [3.8, 4) is 0 Å². The van der Waals surface area contributed by atoms with E-state index in [0.29, 0.717) is 19.6 Å². The lowest BCUT2D eigenvalue weighted by atomic mass is 9.85. The summed E-state index contributed by atoms with van der Waals surface area (Å²) in [6, 6.07) is 13.6. The van der Waals surface area contributed by atoms with Gasteiger partial charge in [-0.1, -0.05) is 24.6 Å². The van der Waals surface area contributed by atoms with Crippen LogP contribution in [0.1, 0.15) is 31.2 Å². The van der Waals surface area contributed by atoms with Crippen molar-refractivity contribution >= 4 is 23.3 Å². The zero-order chi connectivity index (χ0) is 19.5. The van der Waals surface area contributed by atoms with Crippen LogP contribution in [0.2, 0.25) is 0 Å². The molecule has 0 atom stereocenters. The maximum absolute atomic E-state index is 13.1. The van der Waals surface area contributed by atoms with E-state index in [1.165, 1.54) is 12.1 Å². The van der Waals surface area contributed by atoms with Crippen LogP contribution in [0.25, 0.3) is 0 Å². The Morgan fingerprint density at radius 1 is 1.07 bits per heavy atom. The second-order valence-corrected chi connectivity index (χ2v) is 7.50. The maximum atomic E-state index is 13.1. The molecule has 2 aromatic carbocycles. The van der Waals surface area contributed by atoms with Crippen LogP contribution in [0.15, 0.2) is 48.5 Å². The molecule has 2 aliphatic rings. The van der Waals surface area contributed by atoms with E-state index in [1.807, 2.05) is 24.3 Å². The zero-order valence-electron chi connectivity index (χ0n) is 15.7. The Kier molecular flexibility index (Phi) is 5.28. The van der Waals surface area contributed by atoms with Gasteiger partial charge in [-0.15, -0.1) is 0 Å². The summed E-state index contributed by atoms with van der Waals surface area (Å²) in [5, 5.41) is 2.97. The SMILES string of the molecule is O=C(Nc1cccc(N2CCCN(Cc3ccc(F)cc3)C2=O)c1)C1CCC1. The molecule has 1 aliphatic carbocycles.